The smallest absolute Gasteiger partial charge is 0.223 e. The number of carbonyl (C=O) groups is 1. The van der Waals surface area contributed by atoms with Crippen molar-refractivity contribution in [2.45, 2.75) is 64.8 Å². The van der Waals surface area contributed by atoms with Gasteiger partial charge in [0, 0.05) is 18.5 Å². The predicted molar refractivity (Wildman–Crippen MR) is 79.0 cm³/mol. The van der Waals surface area contributed by atoms with Gasteiger partial charge in [-0.25, -0.2) is 0 Å². The summed E-state index contributed by atoms with van der Waals surface area (Å²) >= 11 is 0. The van der Waals surface area contributed by atoms with Gasteiger partial charge in [-0.1, -0.05) is 19.8 Å². The standard InChI is InChI=1S/C14H28N2O.ClH/c1-12-10-14(2,3)16(11-12)13(17)8-6-4-5-7-9-15;/h12H,4-11,15H2,1-3H3;1H. The van der Waals surface area contributed by atoms with Crippen molar-refractivity contribution in [2.24, 2.45) is 11.7 Å². The first kappa shape index (κ1) is 17.7. The largest absolute Gasteiger partial charge is 0.337 e. The summed E-state index contributed by atoms with van der Waals surface area (Å²) in [5.74, 6) is 0.985. The molecule has 1 atom stereocenters. The van der Waals surface area contributed by atoms with Crippen molar-refractivity contribution in [3.63, 3.8) is 0 Å². The lowest BCUT2D eigenvalue weighted by atomic mass is 9.97. The SMILES string of the molecule is CC1CN(C(=O)CCCCCCN)C(C)(C)C1.Cl. The Morgan fingerprint density at radius 2 is 1.89 bits per heavy atom. The number of nitrogens with zero attached hydrogens (tertiary/aromatic N) is 1. The number of likely N-dealkylation sites (tertiary alicyclic amines) is 1. The monoisotopic (exact) mass is 276 g/mol. The first-order valence-electron chi connectivity index (χ1n) is 6.98. The fraction of sp³-hybridized carbons (Fsp3) is 0.929. The van der Waals surface area contributed by atoms with Gasteiger partial charge >= 0.3 is 0 Å². The Balaban J connectivity index is 0.00000289. The fourth-order valence-electron chi connectivity index (χ4n) is 2.93. The minimum absolute atomic E-state index is 0. The van der Waals surface area contributed by atoms with Crippen molar-refractivity contribution in [1.82, 2.24) is 4.90 Å². The zero-order valence-electron chi connectivity index (χ0n) is 12.1. The van der Waals surface area contributed by atoms with Gasteiger partial charge in [0.2, 0.25) is 5.91 Å². The fourth-order valence-corrected chi connectivity index (χ4v) is 2.93. The summed E-state index contributed by atoms with van der Waals surface area (Å²) in [6, 6.07) is 0. The predicted octanol–water partition coefficient (Wildman–Crippen LogP) is 2.96. The highest BCUT2D eigenvalue weighted by atomic mass is 35.5. The third kappa shape index (κ3) is 5.15. The van der Waals surface area contributed by atoms with Gasteiger partial charge in [-0.05, 0) is 45.6 Å². The van der Waals surface area contributed by atoms with E-state index in [2.05, 4.69) is 25.7 Å². The molecule has 3 nitrogen and oxygen atoms in total. The zero-order valence-corrected chi connectivity index (χ0v) is 12.9. The average molecular weight is 277 g/mol. The van der Waals surface area contributed by atoms with Crippen molar-refractivity contribution in [1.29, 1.82) is 0 Å². The van der Waals surface area contributed by atoms with E-state index >= 15 is 0 Å². The summed E-state index contributed by atoms with van der Waals surface area (Å²) in [6.07, 6.45) is 6.23. The molecule has 18 heavy (non-hydrogen) atoms. The Kier molecular flexibility index (Phi) is 7.88. The number of halogens is 1. The molecule has 4 heteroatoms. The molecule has 0 aliphatic carbocycles. The molecule has 0 aromatic carbocycles. The molecule has 1 aliphatic rings. The van der Waals surface area contributed by atoms with E-state index in [0.29, 0.717) is 18.2 Å². The second-order valence-electron chi connectivity index (χ2n) is 6.08. The molecular formula is C14H29ClN2O. The topological polar surface area (TPSA) is 46.3 Å². The van der Waals surface area contributed by atoms with Crippen molar-refractivity contribution in [2.75, 3.05) is 13.1 Å². The molecule has 0 radical (unpaired) electrons. The maximum Gasteiger partial charge on any atom is 0.223 e. The van der Waals surface area contributed by atoms with Gasteiger partial charge in [0.05, 0.1) is 0 Å². The van der Waals surface area contributed by atoms with Gasteiger partial charge in [0.1, 0.15) is 0 Å². The van der Waals surface area contributed by atoms with E-state index in [1.54, 1.807) is 0 Å². The van der Waals surface area contributed by atoms with E-state index in [-0.39, 0.29) is 17.9 Å². The first-order chi connectivity index (χ1) is 7.97. The molecule has 0 aromatic heterocycles. The maximum absolute atomic E-state index is 12.1. The molecule has 1 fully saturated rings. The second kappa shape index (κ2) is 8.00. The Hall–Kier alpha value is -0.280. The van der Waals surface area contributed by atoms with Crippen LogP contribution in [0.25, 0.3) is 0 Å². The maximum atomic E-state index is 12.1. The Bertz CT molecular complexity index is 256. The normalized spacial score (nSPS) is 21.8. The van der Waals surface area contributed by atoms with Crippen LogP contribution in [0.4, 0.5) is 0 Å². The number of carbonyl (C=O) groups excluding carboxylic acids is 1. The summed E-state index contributed by atoms with van der Waals surface area (Å²) in [7, 11) is 0. The highest BCUT2D eigenvalue weighted by molar-refractivity contribution is 5.85. The number of hydrogen-bond acceptors (Lipinski definition) is 2. The molecule has 1 aliphatic heterocycles. The second-order valence-corrected chi connectivity index (χ2v) is 6.08. The van der Waals surface area contributed by atoms with Crippen molar-refractivity contribution in [3.8, 4) is 0 Å². The highest BCUT2D eigenvalue weighted by Crippen LogP contribution is 2.32. The van der Waals surface area contributed by atoms with Crippen molar-refractivity contribution in [3.05, 3.63) is 0 Å². The minimum atomic E-state index is 0. The summed E-state index contributed by atoms with van der Waals surface area (Å²) < 4.78 is 0. The van der Waals surface area contributed by atoms with Crippen LogP contribution in [0.2, 0.25) is 0 Å². The Morgan fingerprint density at radius 1 is 1.28 bits per heavy atom. The van der Waals surface area contributed by atoms with Crippen molar-refractivity contribution < 1.29 is 4.79 Å². The van der Waals surface area contributed by atoms with E-state index in [1.165, 1.54) is 0 Å². The minimum Gasteiger partial charge on any atom is -0.337 e. The highest BCUT2D eigenvalue weighted by Gasteiger charge is 2.38. The molecule has 0 aromatic rings. The van der Waals surface area contributed by atoms with Gasteiger partial charge < -0.3 is 10.6 Å². The summed E-state index contributed by atoms with van der Waals surface area (Å²) in [6.45, 7) is 8.31. The molecular weight excluding hydrogens is 248 g/mol. The van der Waals surface area contributed by atoms with Gasteiger partial charge in [-0.15, -0.1) is 12.4 Å². The van der Waals surface area contributed by atoms with Gasteiger partial charge in [0.15, 0.2) is 0 Å². The van der Waals surface area contributed by atoms with Gasteiger partial charge in [-0.2, -0.15) is 0 Å². The first-order valence-corrected chi connectivity index (χ1v) is 6.98. The summed E-state index contributed by atoms with van der Waals surface area (Å²) in [5.41, 5.74) is 5.51. The number of nitrogens with two attached hydrogens (primary N) is 1. The van der Waals surface area contributed by atoms with Crippen molar-refractivity contribution >= 4 is 18.3 Å². The van der Waals surface area contributed by atoms with Gasteiger partial charge in [-0.3, -0.25) is 4.79 Å². The van der Waals surface area contributed by atoms with E-state index in [1.807, 2.05) is 0 Å². The Morgan fingerprint density at radius 3 is 2.39 bits per heavy atom. The zero-order chi connectivity index (χ0) is 12.9. The average Bonchev–Trinajstić information content (AvgIpc) is 2.51. The molecule has 1 rings (SSSR count). The molecule has 1 saturated heterocycles. The summed E-state index contributed by atoms with van der Waals surface area (Å²) in [5, 5.41) is 0. The van der Waals surface area contributed by atoms with Crippen LogP contribution in [0.1, 0.15) is 59.3 Å². The van der Waals surface area contributed by atoms with Crippen LogP contribution in [0, 0.1) is 5.92 Å². The third-order valence-electron chi connectivity index (χ3n) is 3.72. The molecule has 1 heterocycles. The third-order valence-corrected chi connectivity index (χ3v) is 3.72. The molecule has 2 N–H and O–H groups in total. The quantitative estimate of drug-likeness (QED) is 0.758. The van der Waals surface area contributed by atoms with Crippen LogP contribution >= 0.6 is 12.4 Å². The van der Waals surface area contributed by atoms with Gasteiger partial charge in [0.25, 0.3) is 0 Å². The summed E-state index contributed by atoms with van der Waals surface area (Å²) in [4.78, 5) is 14.2. The number of hydrogen-bond donors (Lipinski definition) is 1. The van der Waals surface area contributed by atoms with E-state index in [0.717, 1.165) is 45.2 Å². The lowest BCUT2D eigenvalue weighted by Gasteiger charge is -2.31. The molecule has 1 unspecified atom stereocenters. The lowest BCUT2D eigenvalue weighted by Crippen LogP contribution is -2.42. The molecule has 108 valence electrons. The Labute approximate surface area is 118 Å². The van der Waals surface area contributed by atoms with E-state index in [9.17, 15) is 4.79 Å². The molecule has 1 amide bonds. The van der Waals surface area contributed by atoms with Crippen LogP contribution in [-0.4, -0.2) is 29.4 Å². The molecule has 0 spiro atoms. The van der Waals surface area contributed by atoms with Crippen LogP contribution in [-0.2, 0) is 4.79 Å². The molecule has 0 saturated carbocycles. The van der Waals surface area contributed by atoms with Crippen LogP contribution in [0.5, 0.6) is 0 Å². The number of rotatable bonds is 6. The van der Waals surface area contributed by atoms with E-state index < -0.39 is 0 Å². The molecule has 0 bridgehead atoms. The van der Waals surface area contributed by atoms with Crippen LogP contribution < -0.4 is 5.73 Å². The van der Waals surface area contributed by atoms with E-state index in [4.69, 9.17) is 5.73 Å². The van der Waals surface area contributed by atoms with Crippen LogP contribution in [0.15, 0.2) is 0 Å². The number of unbranched alkanes of at least 4 members (excludes halogenated alkanes) is 3. The number of amides is 1. The van der Waals surface area contributed by atoms with Crippen LogP contribution in [0.3, 0.4) is 0 Å². The lowest BCUT2D eigenvalue weighted by molar-refractivity contribution is -0.134.